The van der Waals surface area contributed by atoms with E-state index in [1.54, 1.807) is 6.33 Å². The van der Waals surface area contributed by atoms with E-state index in [-0.39, 0.29) is 5.97 Å². The first-order valence-corrected chi connectivity index (χ1v) is 6.36. The number of nitrogens with zero attached hydrogens (tertiary/aromatic N) is 2. The molecule has 0 aliphatic rings. The lowest BCUT2D eigenvalue weighted by molar-refractivity contribution is -0.139. The SMILES string of the molecule is COC(=O)Cc1ccc(-n2cnc3ccccc32)cc1. The standard InChI is InChI=1S/C16H14N2O2/c1-20-16(19)10-12-6-8-13(9-7-12)18-11-17-14-4-2-3-5-15(14)18/h2-9,11H,10H2,1H3. The number of carbonyl (C=O) groups is 1. The van der Waals surface area contributed by atoms with Crippen LogP contribution in [0.2, 0.25) is 0 Å². The second kappa shape index (κ2) is 5.17. The van der Waals surface area contributed by atoms with Crippen LogP contribution in [-0.4, -0.2) is 22.6 Å². The number of para-hydroxylation sites is 2. The molecule has 2 aromatic carbocycles. The van der Waals surface area contributed by atoms with Crippen molar-refractivity contribution in [1.82, 2.24) is 9.55 Å². The number of fused-ring (bicyclic) bond motifs is 1. The summed E-state index contributed by atoms with van der Waals surface area (Å²) in [7, 11) is 1.40. The Morgan fingerprint density at radius 1 is 1.15 bits per heavy atom. The third kappa shape index (κ3) is 2.28. The van der Waals surface area contributed by atoms with Gasteiger partial charge in [-0.05, 0) is 29.8 Å². The second-order valence-corrected chi connectivity index (χ2v) is 4.52. The number of ether oxygens (including phenoxy) is 1. The van der Waals surface area contributed by atoms with Gasteiger partial charge in [0.05, 0.1) is 24.6 Å². The molecule has 0 spiro atoms. The van der Waals surface area contributed by atoms with Gasteiger partial charge in [-0.15, -0.1) is 0 Å². The molecule has 0 unspecified atom stereocenters. The highest BCUT2D eigenvalue weighted by Gasteiger charge is 2.05. The zero-order valence-electron chi connectivity index (χ0n) is 11.1. The van der Waals surface area contributed by atoms with E-state index in [0.717, 1.165) is 22.3 Å². The van der Waals surface area contributed by atoms with Gasteiger partial charge in [0.15, 0.2) is 0 Å². The molecule has 100 valence electrons. The van der Waals surface area contributed by atoms with E-state index in [1.807, 2.05) is 53.1 Å². The normalized spacial score (nSPS) is 10.7. The average molecular weight is 266 g/mol. The molecule has 4 heteroatoms. The zero-order chi connectivity index (χ0) is 13.9. The highest BCUT2D eigenvalue weighted by Crippen LogP contribution is 2.18. The number of methoxy groups -OCH3 is 1. The molecule has 0 amide bonds. The Bertz CT molecular complexity index is 745. The number of hydrogen-bond acceptors (Lipinski definition) is 3. The molecule has 0 fully saturated rings. The zero-order valence-corrected chi connectivity index (χ0v) is 11.1. The average Bonchev–Trinajstić information content (AvgIpc) is 2.92. The Kier molecular flexibility index (Phi) is 3.21. The van der Waals surface area contributed by atoms with Crippen LogP contribution in [0.4, 0.5) is 0 Å². The lowest BCUT2D eigenvalue weighted by Crippen LogP contribution is -2.04. The van der Waals surface area contributed by atoms with Crippen LogP contribution >= 0.6 is 0 Å². The van der Waals surface area contributed by atoms with E-state index in [1.165, 1.54) is 7.11 Å². The summed E-state index contributed by atoms with van der Waals surface area (Å²) >= 11 is 0. The van der Waals surface area contributed by atoms with E-state index in [0.29, 0.717) is 6.42 Å². The van der Waals surface area contributed by atoms with Crippen LogP contribution in [0.3, 0.4) is 0 Å². The van der Waals surface area contributed by atoms with Crippen LogP contribution in [0.5, 0.6) is 0 Å². The predicted molar refractivity (Wildman–Crippen MR) is 76.8 cm³/mol. The fourth-order valence-electron chi connectivity index (χ4n) is 2.18. The van der Waals surface area contributed by atoms with Crippen LogP contribution in [0.25, 0.3) is 16.7 Å². The Labute approximate surface area is 116 Å². The molecule has 0 N–H and O–H groups in total. The first-order valence-electron chi connectivity index (χ1n) is 6.36. The predicted octanol–water partition coefficient (Wildman–Crippen LogP) is 2.74. The minimum Gasteiger partial charge on any atom is -0.469 e. The summed E-state index contributed by atoms with van der Waals surface area (Å²) in [4.78, 5) is 15.6. The number of benzene rings is 2. The Morgan fingerprint density at radius 3 is 2.65 bits per heavy atom. The maximum Gasteiger partial charge on any atom is 0.309 e. The number of rotatable bonds is 3. The summed E-state index contributed by atoms with van der Waals surface area (Å²) in [5.41, 5.74) is 3.98. The van der Waals surface area contributed by atoms with Gasteiger partial charge in [-0.2, -0.15) is 0 Å². The van der Waals surface area contributed by atoms with E-state index in [2.05, 4.69) is 9.72 Å². The largest absolute Gasteiger partial charge is 0.469 e. The van der Waals surface area contributed by atoms with Gasteiger partial charge in [0, 0.05) is 5.69 Å². The lowest BCUT2D eigenvalue weighted by Gasteiger charge is -2.05. The van der Waals surface area contributed by atoms with E-state index in [4.69, 9.17) is 0 Å². The molecule has 0 radical (unpaired) electrons. The number of hydrogen-bond donors (Lipinski definition) is 0. The van der Waals surface area contributed by atoms with Crippen molar-refractivity contribution in [2.75, 3.05) is 7.11 Å². The Morgan fingerprint density at radius 2 is 1.90 bits per heavy atom. The molecular formula is C16H14N2O2. The van der Waals surface area contributed by atoms with Gasteiger partial charge < -0.3 is 4.74 Å². The maximum absolute atomic E-state index is 11.2. The van der Waals surface area contributed by atoms with E-state index < -0.39 is 0 Å². The molecule has 0 aliphatic carbocycles. The van der Waals surface area contributed by atoms with Crippen molar-refractivity contribution >= 4 is 17.0 Å². The molecule has 0 saturated heterocycles. The molecule has 0 saturated carbocycles. The van der Waals surface area contributed by atoms with Crippen LogP contribution in [0, 0.1) is 0 Å². The van der Waals surface area contributed by atoms with Crippen LogP contribution < -0.4 is 0 Å². The van der Waals surface area contributed by atoms with Gasteiger partial charge in [-0.25, -0.2) is 4.98 Å². The van der Waals surface area contributed by atoms with Gasteiger partial charge in [0.2, 0.25) is 0 Å². The van der Waals surface area contributed by atoms with Crippen molar-refractivity contribution in [3.05, 3.63) is 60.4 Å². The van der Waals surface area contributed by atoms with Gasteiger partial charge in [0.25, 0.3) is 0 Å². The lowest BCUT2D eigenvalue weighted by atomic mass is 10.1. The first-order chi connectivity index (χ1) is 9.78. The number of imidazole rings is 1. The number of carbonyl (C=O) groups excluding carboxylic acids is 1. The highest BCUT2D eigenvalue weighted by molar-refractivity contribution is 5.77. The van der Waals surface area contributed by atoms with Crippen molar-refractivity contribution in [2.45, 2.75) is 6.42 Å². The van der Waals surface area contributed by atoms with Crippen LogP contribution in [0.1, 0.15) is 5.56 Å². The van der Waals surface area contributed by atoms with Gasteiger partial charge in [-0.3, -0.25) is 9.36 Å². The van der Waals surface area contributed by atoms with Gasteiger partial charge in [-0.1, -0.05) is 24.3 Å². The molecule has 1 aromatic heterocycles. The van der Waals surface area contributed by atoms with E-state index in [9.17, 15) is 4.79 Å². The quantitative estimate of drug-likeness (QED) is 0.685. The van der Waals surface area contributed by atoms with Crippen LogP contribution in [0.15, 0.2) is 54.9 Å². The second-order valence-electron chi connectivity index (χ2n) is 4.52. The molecule has 3 aromatic rings. The van der Waals surface area contributed by atoms with Crippen molar-refractivity contribution in [1.29, 1.82) is 0 Å². The molecule has 20 heavy (non-hydrogen) atoms. The van der Waals surface area contributed by atoms with E-state index >= 15 is 0 Å². The molecular weight excluding hydrogens is 252 g/mol. The van der Waals surface area contributed by atoms with Crippen molar-refractivity contribution in [2.24, 2.45) is 0 Å². The van der Waals surface area contributed by atoms with Gasteiger partial charge in [0.1, 0.15) is 6.33 Å². The van der Waals surface area contributed by atoms with Gasteiger partial charge >= 0.3 is 5.97 Å². The maximum atomic E-state index is 11.2. The Balaban J connectivity index is 1.93. The fraction of sp³-hybridized carbons (Fsp3) is 0.125. The summed E-state index contributed by atoms with van der Waals surface area (Å²) in [6.07, 6.45) is 2.10. The topological polar surface area (TPSA) is 44.1 Å². The smallest absolute Gasteiger partial charge is 0.309 e. The fourth-order valence-corrected chi connectivity index (χ4v) is 2.18. The molecule has 0 atom stereocenters. The van der Waals surface area contributed by atoms with Crippen LogP contribution in [-0.2, 0) is 16.0 Å². The molecule has 0 aliphatic heterocycles. The minimum atomic E-state index is -0.231. The Hall–Kier alpha value is -2.62. The van der Waals surface area contributed by atoms with Crippen molar-refractivity contribution < 1.29 is 9.53 Å². The summed E-state index contributed by atoms with van der Waals surface area (Å²) in [5.74, 6) is -0.231. The van der Waals surface area contributed by atoms with Crippen molar-refractivity contribution in [3.63, 3.8) is 0 Å². The summed E-state index contributed by atoms with van der Waals surface area (Å²) < 4.78 is 6.69. The first kappa shape index (κ1) is 12.4. The molecule has 0 bridgehead atoms. The van der Waals surface area contributed by atoms with Crippen molar-refractivity contribution in [3.8, 4) is 5.69 Å². The molecule has 3 rings (SSSR count). The summed E-state index contributed by atoms with van der Waals surface area (Å²) in [6, 6.07) is 15.8. The number of esters is 1. The third-order valence-corrected chi connectivity index (χ3v) is 3.24. The molecule has 1 heterocycles. The third-order valence-electron chi connectivity index (χ3n) is 3.24. The summed E-state index contributed by atoms with van der Waals surface area (Å²) in [6.45, 7) is 0. The monoisotopic (exact) mass is 266 g/mol. The molecule has 4 nitrogen and oxygen atoms in total. The summed E-state index contributed by atoms with van der Waals surface area (Å²) in [5, 5.41) is 0. The highest BCUT2D eigenvalue weighted by atomic mass is 16.5. The minimum absolute atomic E-state index is 0.231. The number of aromatic nitrogens is 2.